The molecule has 0 rings (SSSR count). The van der Waals surface area contributed by atoms with Crippen LogP contribution in [-0.2, 0) is 0 Å². The van der Waals surface area contributed by atoms with E-state index >= 15 is 0 Å². The summed E-state index contributed by atoms with van der Waals surface area (Å²) >= 11 is 0. The lowest BCUT2D eigenvalue weighted by molar-refractivity contribution is 0.533. The van der Waals surface area contributed by atoms with E-state index in [1.165, 1.54) is 135 Å². The average molecular weight is 460 g/mol. The van der Waals surface area contributed by atoms with E-state index in [0.717, 1.165) is 6.42 Å². The second-order valence-corrected chi connectivity index (χ2v) is 10.3. The number of rotatable bonds is 25. The molecule has 0 bridgehead atoms. The van der Waals surface area contributed by atoms with Gasteiger partial charge >= 0.3 is 0 Å². The first-order valence-corrected chi connectivity index (χ1v) is 14.9. The van der Waals surface area contributed by atoms with Crippen molar-refractivity contribution in [3.05, 3.63) is 36.1 Å². The molecule has 0 saturated heterocycles. The summed E-state index contributed by atoms with van der Waals surface area (Å²) in [6.45, 7) is 4.57. The fourth-order valence-corrected chi connectivity index (χ4v) is 4.45. The molecule has 194 valence electrons. The predicted octanol–water partition coefficient (Wildman–Crippen LogP) is 11.2. The SMILES string of the molecule is CCCCC/C=C\C/C=C\CCCCCCCCCC(=CN(C)C)CCCCCCCCC. The minimum atomic E-state index is 1.12. The van der Waals surface area contributed by atoms with Gasteiger partial charge in [0.25, 0.3) is 0 Å². The van der Waals surface area contributed by atoms with Crippen molar-refractivity contribution in [2.75, 3.05) is 14.1 Å². The summed E-state index contributed by atoms with van der Waals surface area (Å²) in [4.78, 5) is 2.24. The Labute approximate surface area is 210 Å². The van der Waals surface area contributed by atoms with Crippen molar-refractivity contribution in [1.82, 2.24) is 4.90 Å². The minimum absolute atomic E-state index is 1.12. The summed E-state index contributed by atoms with van der Waals surface area (Å²) in [5.74, 6) is 0. The molecule has 0 fully saturated rings. The maximum absolute atomic E-state index is 2.40. The van der Waals surface area contributed by atoms with Crippen LogP contribution in [0.2, 0.25) is 0 Å². The van der Waals surface area contributed by atoms with Crippen LogP contribution < -0.4 is 0 Å². The zero-order valence-electron chi connectivity index (χ0n) is 23.4. The van der Waals surface area contributed by atoms with Gasteiger partial charge in [0.2, 0.25) is 0 Å². The van der Waals surface area contributed by atoms with E-state index in [4.69, 9.17) is 0 Å². The van der Waals surface area contributed by atoms with Gasteiger partial charge in [0.05, 0.1) is 0 Å². The first-order chi connectivity index (χ1) is 16.2. The molecule has 0 aliphatic heterocycles. The largest absolute Gasteiger partial charge is 0.384 e. The Balaban J connectivity index is 3.58. The van der Waals surface area contributed by atoms with Gasteiger partial charge in [-0.15, -0.1) is 0 Å². The van der Waals surface area contributed by atoms with Gasteiger partial charge in [0.15, 0.2) is 0 Å². The summed E-state index contributed by atoms with van der Waals surface area (Å²) in [6.07, 6.45) is 41.8. The van der Waals surface area contributed by atoms with E-state index in [1.807, 2.05) is 0 Å². The first kappa shape index (κ1) is 32.0. The average Bonchev–Trinajstić information content (AvgIpc) is 2.80. The normalized spacial score (nSPS) is 12.4. The monoisotopic (exact) mass is 459 g/mol. The Morgan fingerprint density at radius 2 is 0.879 bits per heavy atom. The highest BCUT2D eigenvalue weighted by molar-refractivity contribution is 5.00. The Kier molecular flexibility index (Phi) is 26.5. The third-order valence-corrected chi connectivity index (χ3v) is 6.49. The smallest absolute Gasteiger partial charge is 0.00556 e. The second-order valence-electron chi connectivity index (χ2n) is 10.3. The van der Waals surface area contributed by atoms with Gasteiger partial charge in [-0.2, -0.15) is 0 Å². The Morgan fingerprint density at radius 1 is 0.485 bits per heavy atom. The van der Waals surface area contributed by atoms with Gasteiger partial charge < -0.3 is 4.90 Å². The topological polar surface area (TPSA) is 3.24 Å². The van der Waals surface area contributed by atoms with E-state index in [-0.39, 0.29) is 0 Å². The van der Waals surface area contributed by atoms with E-state index in [2.05, 4.69) is 63.3 Å². The number of hydrogen-bond donors (Lipinski definition) is 0. The summed E-state index contributed by atoms with van der Waals surface area (Å²) in [6, 6.07) is 0. The molecule has 0 heterocycles. The number of nitrogens with zero attached hydrogens (tertiary/aromatic N) is 1. The molecule has 1 heteroatoms. The van der Waals surface area contributed by atoms with Crippen molar-refractivity contribution >= 4 is 0 Å². The van der Waals surface area contributed by atoms with Crippen LogP contribution in [0.25, 0.3) is 0 Å². The van der Waals surface area contributed by atoms with E-state index in [0.29, 0.717) is 0 Å². The molecule has 0 radical (unpaired) electrons. The van der Waals surface area contributed by atoms with E-state index in [9.17, 15) is 0 Å². The highest BCUT2D eigenvalue weighted by atomic mass is 15.0. The van der Waals surface area contributed by atoms with Crippen LogP contribution in [0.15, 0.2) is 36.1 Å². The minimum Gasteiger partial charge on any atom is -0.384 e. The van der Waals surface area contributed by atoms with Gasteiger partial charge in [-0.05, 0) is 64.0 Å². The van der Waals surface area contributed by atoms with Crippen LogP contribution >= 0.6 is 0 Å². The van der Waals surface area contributed by atoms with Crippen molar-refractivity contribution in [3.63, 3.8) is 0 Å². The van der Waals surface area contributed by atoms with Crippen LogP contribution in [0.4, 0.5) is 0 Å². The summed E-state index contributed by atoms with van der Waals surface area (Å²) in [5, 5.41) is 0. The number of hydrogen-bond acceptors (Lipinski definition) is 1. The molecule has 1 nitrogen and oxygen atoms in total. The second kappa shape index (κ2) is 27.3. The Hall–Kier alpha value is -0.980. The van der Waals surface area contributed by atoms with Crippen LogP contribution in [0, 0.1) is 0 Å². The third kappa shape index (κ3) is 27.1. The first-order valence-electron chi connectivity index (χ1n) is 14.9. The Bertz CT molecular complexity index is 457. The summed E-state index contributed by atoms with van der Waals surface area (Å²) < 4.78 is 0. The van der Waals surface area contributed by atoms with Crippen molar-refractivity contribution in [2.45, 2.75) is 155 Å². The van der Waals surface area contributed by atoms with Crippen molar-refractivity contribution in [2.24, 2.45) is 0 Å². The molecule has 0 spiro atoms. The van der Waals surface area contributed by atoms with Gasteiger partial charge in [0.1, 0.15) is 0 Å². The zero-order valence-corrected chi connectivity index (χ0v) is 23.4. The van der Waals surface area contributed by atoms with Crippen molar-refractivity contribution in [1.29, 1.82) is 0 Å². The van der Waals surface area contributed by atoms with E-state index in [1.54, 1.807) is 5.57 Å². The molecule has 0 aromatic carbocycles. The number of unbranched alkanes of at least 4 members (excludes halogenated alkanes) is 16. The highest BCUT2D eigenvalue weighted by Crippen LogP contribution is 2.19. The van der Waals surface area contributed by atoms with Crippen LogP contribution in [0.3, 0.4) is 0 Å². The predicted molar refractivity (Wildman–Crippen MR) is 153 cm³/mol. The van der Waals surface area contributed by atoms with E-state index < -0.39 is 0 Å². The van der Waals surface area contributed by atoms with Gasteiger partial charge in [0, 0.05) is 14.1 Å². The molecule has 0 aromatic rings. The third-order valence-electron chi connectivity index (χ3n) is 6.49. The van der Waals surface area contributed by atoms with Crippen molar-refractivity contribution in [3.8, 4) is 0 Å². The standard InChI is InChI=1S/C32H61N/c1-5-7-9-11-13-14-15-16-17-18-19-20-21-22-24-26-28-30-32(31-33(3)4)29-27-25-23-12-10-8-6-2/h13-14,16-17,31H,5-12,15,18-30H2,1-4H3/b14-13-,17-16-,32-31?. The molecule has 0 saturated carbocycles. The molecular formula is C32H61N. The molecular weight excluding hydrogens is 398 g/mol. The Morgan fingerprint density at radius 3 is 1.36 bits per heavy atom. The van der Waals surface area contributed by atoms with Crippen LogP contribution in [-0.4, -0.2) is 19.0 Å². The van der Waals surface area contributed by atoms with Crippen LogP contribution in [0.1, 0.15) is 155 Å². The van der Waals surface area contributed by atoms with Gasteiger partial charge in [-0.3, -0.25) is 0 Å². The fourth-order valence-electron chi connectivity index (χ4n) is 4.45. The maximum Gasteiger partial charge on any atom is 0.00556 e. The maximum atomic E-state index is 2.40. The quantitative estimate of drug-likeness (QED) is 0.0968. The highest BCUT2D eigenvalue weighted by Gasteiger charge is 2.01. The number of allylic oxidation sites excluding steroid dienone is 5. The lowest BCUT2D eigenvalue weighted by Gasteiger charge is -2.12. The molecule has 0 unspecified atom stereocenters. The zero-order chi connectivity index (χ0) is 24.2. The molecule has 0 atom stereocenters. The summed E-state index contributed by atoms with van der Waals surface area (Å²) in [5.41, 5.74) is 1.68. The molecule has 0 amide bonds. The lowest BCUT2D eigenvalue weighted by Crippen LogP contribution is -2.03. The van der Waals surface area contributed by atoms with Crippen molar-refractivity contribution < 1.29 is 0 Å². The molecule has 0 aromatic heterocycles. The molecule has 0 N–H and O–H groups in total. The molecule has 0 aliphatic carbocycles. The van der Waals surface area contributed by atoms with Gasteiger partial charge in [-0.1, -0.05) is 127 Å². The fraction of sp³-hybridized carbons (Fsp3) is 0.812. The molecule has 0 aliphatic rings. The summed E-state index contributed by atoms with van der Waals surface area (Å²) in [7, 11) is 4.34. The lowest BCUT2D eigenvalue weighted by atomic mass is 9.99. The van der Waals surface area contributed by atoms with Crippen LogP contribution in [0.5, 0.6) is 0 Å². The van der Waals surface area contributed by atoms with Gasteiger partial charge in [-0.25, -0.2) is 0 Å². The molecule has 33 heavy (non-hydrogen) atoms.